The molecule has 4 nitrogen and oxygen atoms in total. The summed E-state index contributed by atoms with van der Waals surface area (Å²) in [7, 11) is 2.04. The molecule has 0 spiro atoms. The van der Waals surface area contributed by atoms with Gasteiger partial charge in [-0.1, -0.05) is 6.92 Å². The molecule has 17 heavy (non-hydrogen) atoms. The minimum Gasteiger partial charge on any atom is -0.313 e. The van der Waals surface area contributed by atoms with Gasteiger partial charge in [-0.25, -0.2) is 0 Å². The molecule has 1 saturated heterocycles. The van der Waals surface area contributed by atoms with Gasteiger partial charge in [-0.3, -0.25) is 9.58 Å². The Morgan fingerprint density at radius 3 is 3.00 bits per heavy atom. The van der Waals surface area contributed by atoms with Crippen LogP contribution in [0.1, 0.15) is 31.2 Å². The summed E-state index contributed by atoms with van der Waals surface area (Å²) in [5.74, 6) is 0. The van der Waals surface area contributed by atoms with Crippen molar-refractivity contribution < 1.29 is 0 Å². The number of aromatic nitrogens is 2. The third kappa shape index (κ3) is 3.30. The molecule has 1 N–H and O–H groups in total. The van der Waals surface area contributed by atoms with E-state index in [1.54, 1.807) is 0 Å². The lowest BCUT2D eigenvalue weighted by Crippen LogP contribution is -2.45. The Hall–Kier alpha value is -0.870. The van der Waals surface area contributed by atoms with Crippen LogP contribution in [0.25, 0.3) is 0 Å². The van der Waals surface area contributed by atoms with Gasteiger partial charge in [-0.2, -0.15) is 5.10 Å². The van der Waals surface area contributed by atoms with Crippen LogP contribution in [0.15, 0.2) is 6.07 Å². The maximum atomic E-state index is 4.41. The van der Waals surface area contributed by atoms with E-state index in [-0.39, 0.29) is 0 Å². The predicted octanol–water partition coefficient (Wildman–Crippen LogP) is 1.30. The molecule has 0 bridgehead atoms. The van der Waals surface area contributed by atoms with Crippen molar-refractivity contribution in [2.24, 2.45) is 7.05 Å². The molecule has 0 aliphatic carbocycles. The number of piperidine rings is 1. The van der Waals surface area contributed by atoms with E-state index >= 15 is 0 Å². The van der Waals surface area contributed by atoms with Gasteiger partial charge in [0.2, 0.25) is 0 Å². The normalized spacial score (nSPS) is 21.9. The highest BCUT2D eigenvalue weighted by atomic mass is 15.3. The standard InChI is InChI=1S/C13H24N4/c1-4-14-12-6-5-7-17(9-12)10-13-8-11(2)15-16(13)3/h8,12,14H,4-7,9-10H2,1-3H3. The number of hydrogen-bond donors (Lipinski definition) is 1. The summed E-state index contributed by atoms with van der Waals surface area (Å²) in [5.41, 5.74) is 2.43. The largest absolute Gasteiger partial charge is 0.313 e. The van der Waals surface area contributed by atoms with Crippen LogP contribution >= 0.6 is 0 Å². The minimum atomic E-state index is 0.670. The van der Waals surface area contributed by atoms with Gasteiger partial charge >= 0.3 is 0 Å². The second-order valence-corrected chi connectivity index (χ2v) is 5.03. The zero-order valence-electron chi connectivity index (χ0n) is 11.2. The number of aryl methyl sites for hydroxylation is 2. The van der Waals surface area contributed by atoms with Crippen LogP contribution in [0.4, 0.5) is 0 Å². The molecule has 96 valence electrons. The van der Waals surface area contributed by atoms with Gasteiger partial charge in [0, 0.05) is 26.2 Å². The summed E-state index contributed by atoms with van der Waals surface area (Å²) >= 11 is 0. The molecule has 1 atom stereocenters. The van der Waals surface area contributed by atoms with Gasteiger partial charge in [0.1, 0.15) is 0 Å². The third-order valence-electron chi connectivity index (χ3n) is 3.48. The van der Waals surface area contributed by atoms with Crippen LogP contribution < -0.4 is 5.32 Å². The maximum absolute atomic E-state index is 4.41. The molecular weight excluding hydrogens is 212 g/mol. The lowest BCUT2D eigenvalue weighted by atomic mass is 10.1. The van der Waals surface area contributed by atoms with E-state index in [2.05, 4.69) is 35.2 Å². The monoisotopic (exact) mass is 236 g/mol. The molecule has 2 rings (SSSR count). The highest BCUT2D eigenvalue weighted by molar-refractivity contribution is 5.08. The second kappa shape index (κ2) is 5.65. The molecule has 1 aliphatic heterocycles. The first-order chi connectivity index (χ1) is 8.19. The van der Waals surface area contributed by atoms with Gasteiger partial charge < -0.3 is 5.32 Å². The van der Waals surface area contributed by atoms with Crippen molar-refractivity contribution >= 4 is 0 Å². The molecule has 1 aromatic heterocycles. The Morgan fingerprint density at radius 2 is 2.35 bits per heavy atom. The lowest BCUT2D eigenvalue weighted by Gasteiger charge is -2.32. The van der Waals surface area contributed by atoms with Gasteiger partial charge in [0.25, 0.3) is 0 Å². The molecule has 1 aromatic rings. The van der Waals surface area contributed by atoms with E-state index in [9.17, 15) is 0 Å². The quantitative estimate of drug-likeness (QED) is 0.855. The fourth-order valence-electron chi connectivity index (χ4n) is 2.70. The van der Waals surface area contributed by atoms with Gasteiger partial charge in [0.05, 0.1) is 11.4 Å². The summed E-state index contributed by atoms with van der Waals surface area (Å²) in [5, 5.41) is 7.96. The van der Waals surface area contributed by atoms with E-state index in [4.69, 9.17) is 0 Å². The Balaban J connectivity index is 1.92. The van der Waals surface area contributed by atoms with E-state index < -0.39 is 0 Å². The number of nitrogens with one attached hydrogen (secondary N) is 1. The number of rotatable bonds is 4. The van der Waals surface area contributed by atoms with Crippen molar-refractivity contribution in [1.29, 1.82) is 0 Å². The van der Waals surface area contributed by atoms with Crippen LogP contribution in [-0.2, 0) is 13.6 Å². The van der Waals surface area contributed by atoms with Crippen LogP contribution in [-0.4, -0.2) is 40.4 Å². The Morgan fingerprint density at radius 1 is 1.53 bits per heavy atom. The highest BCUT2D eigenvalue weighted by Gasteiger charge is 2.19. The number of likely N-dealkylation sites (N-methyl/N-ethyl adjacent to an activating group) is 1. The summed E-state index contributed by atoms with van der Waals surface area (Å²) in [6.07, 6.45) is 2.61. The molecule has 0 saturated carbocycles. The van der Waals surface area contributed by atoms with Crippen molar-refractivity contribution in [2.45, 2.75) is 39.3 Å². The molecule has 2 heterocycles. The van der Waals surface area contributed by atoms with E-state index in [1.807, 2.05) is 11.7 Å². The second-order valence-electron chi connectivity index (χ2n) is 5.03. The lowest BCUT2D eigenvalue weighted by molar-refractivity contribution is 0.181. The van der Waals surface area contributed by atoms with E-state index in [1.165, 1.54) is 25.1 Å². The first-order valence-corrected chi connectivity index (χ1v) is 6.64. The van der Waals surface area contributed by atoms with E-state index in [0.717, 1.165) is 25.3 Å². The zero-order chi connectivity index (χ0) is 12.3. The van der Waals surface area contributed by atoms with Crippen molar-refractivity contribution in [3.8, 4) is 0 Å². The topological polar surface area (TPSA) is 33.1 Å². The summed E-state index contributed by atoms with van der Waals surface area (Å²) in [4.78, 5) is 2.54. The summed E-state index contributed by atoms with van der Waals surface area (Å²) in [6, 6.07) is 2.86. The number of hydrogen-bond acceptors (Lipinski definition) is 3. The minimum absolute atomic E-state index is 0.670. The molecule has 0 amide bonds. The maximum Gasteiger partial charge on any atom is 0.0597 e. The molecule has 0 aromatic carbocycles. The van der Waals surface area contributed by atoms with Gasteiger partial charge in [-0.05, 0) is 38.9 Å². The van der Waals surface area contributed by atoms with Crippen molar-refractivity contribution in [2.75, 3.05) is 19.6 Å². The fourth-order valence-corrected chi connectivity index (χ4v) is 2.70. The van der Waals surface area contributed by atoms with Crippen LogP contribution in [0.2, 0.25) is 0 Å². The molecule has 0 radical (unpaired) electrons. The molecule has 1 aliphatic rings. The smallest absolute Gasteiger partial charge is 0.0597 e. The summed E-state index contributed by atoms with van der Waals surface area (Å²) in [6.45, 7) is 8.72. The van der Waals surface area contributed by atoms with Crippen molar-refractivity contribution in [3.05, 3.63) is 17.5 Å². The summed E-state index contributed by atoms with van der Waals surface area (Å²) < 4.78 is 2.01. The third-order valence-corrected chi connectivity index (χ3v) is 3.48. The zero-order valence-corrected chi connectivity index (χ0v) is 11.2. The number of nitrogens with zero attached hydrogens (tertiary/aromatic N) is 3. The Labute approximate surface area is 104 Å². The van der Waals surface area contributed by atoms with Gasteiger partial charge in [0.15, 0.2) is 0 Å². The van der Waals surface area contributed by atoms with E-state index in [0.29, 0.717) is 6.04 Å². The molecule has 1 fully saturated rings. The van der Waals surface area contributed by atoms with Crippen LogP contribution in [0, 0.1) is 6.92 Å². The molecule has 4 heteroatoms. The highest BCUT2D eigenvalue weighted by Crippen LogP contribution is 2.14. The van der Waals surface area contributed by atoms with Crippen LogP contribution in [0.5, 0.6) is 0 Å². The average Bonchev–Trinajstić information content (AvgIpc) is 2.58. The Bertz CT molecular complexity index is 356. The first kappa shape index (κ1) is 12.6. The molecular formula is C13H24N4. The Kier molecular flexibility index (Phi) is 4.18. The fraction of sp³-hybridized carbons (Fsp3) is 0.769. The van der Waals surface area contributed by atoms with Crippen molar-refractivity contribution in [3.63, 3.8) is 0 Å². The van der Waals surface area contributed by atoms with Crippen LogP contribution in [0.3, 0.4) is 0 Å². The first-order valence-electron chi connectivity index (χ1n) is 6.64. The SMILES string of the molecule is CCNC1CCCN(Cc2cc(C)nn2C)C1. The molecule has 1 unspecified atom stereocenters. The predicted molar refractivity (Wildman–Crippen MR) is 69.9 cm³/mol. The van der Waals surface area contributed by atoms with Gasteiger partial charge in [-0.15, -0.1) is 0 Å². The average molecular weight is 236 g/mol. The number of likely N-dealkylation sites (tertiary alicyclic amines) is 1. The van der Waals surface area contributed by atoms with Crippen molar-refractivity contribution in [1.82, 2.24) is 20.0 Å².